The van der Waals surface area contributed by atoms with Gasteiger partial charge in [0, 0.05) is 12.1 Å². The quantitative estimate of drug-likeness (QED) is 0.907. The molecule has 0 fully saturated rings. The summed E-state index contributed by atoms with van der Waals surface area (Å²) in [6.07, 6.45) is -4.70. The second-order valence-electron chi connectivity index (χ2n) is 4.47. The molecule has 0 unspecified atom stereocenters. The minimum Gasteiger partial charge on any atom is -0.486 e. The lowest BCUT2D eigenvalue weighted by molar-refractivity contribution is -0.147. The Morgan fingerprint density at radius 2 is 1.90 bits per heavy atom. The van der Waals surface area contributed by atoms with E-state index < -0.39 is 24.5 Å². The summed E-state index contributed by atoms with van der Waals surface area (Å²) in [5.41, 5.74) is 5.19. The van der Waals surface area contributed by atoms with Crippen molar-refractivity contribution in [3.05, 3.63) is 18.0 Å². The number of amides is 1. The summed E-state index contributed by atoms with van der Waals surface area (Å²) < 4.78 is 50.4. The third kappa shape index (κ3) is 2.34. The molecule has 3 rings (SSSR count). The Hall–Kier alpha value is -2.45. The topological polar surface area (TPSA) is 79.4 Å². The van der Waals surface area contributed by atoms with Crippen molar-refractivity contribution in [2.45, 2.75) is 12.7 Å². The first-order valence-corrected chi connectivity index (χ1v) is 6.01. The number of ether oxygens (including phenoxy) is 2. The molecule has 1 aliphatic rings. The van der Waals surface area contributed by atoms with E-state index in [0.717, 1.165) is 4.57 Å². The number of carbonyl (C=O) groups excluding carboxylic acids is 1. The molecule has 0 atom stereocenters. The smallest absolute Gasteiger partial charge is 0.449 e. The molecule has 1 aliphatic heterocycles. The zero-order valence-electron chi connectivity index (χ0n) is 10.6. The average Bonchev–Trinajstić information content (AvgIpc) is 2.74. The molecule has 9 heteroatoms. The Kier molecular flexibility index (Phi) is 2.92. The van der Waals surface area contributed by atoms with Crippen LogP contribution in [0.2, 0.25) is 0 Å². The molecular formula is C12H10F3N3O3. The highest BCUT2D eigenvalue weighted by Gasteiger charge is 2.38. The van der Waals surface area contributed by atoms with Crippen LogP contribution < -0.4 is 15.2 Å². The van der Waals surface area contributed by atoms with Gasteiger partial charge in [0.1, 0.15) is 19.8 Å². The van der Waals surface area contributed by atoms with Gasteiger partial charge in [0.05, 0.1) is 11.0 Å². The number of halogens is 3. The number of alkyl halides is 3. The van der Waals surface area contributed by atoms with Crippen LogP contribution in [-0.4, -0.2) is 28.7 Å². The minimum absolute atomic E-state index is 0.0628. The van der Waals surface area contributed by atoms with Gasteiger partial charge in [-0.05, 0) is 0 Å². The maximum atomic E-state index is 13.0. The van der Waals surface area contributed by atoms with E-state index in [1.807, 2.05) is 0 Å². The van der Waals surface area contributed by atoms with Crippen molar-refractivity contribution in [2.24, 2.45) is 5.73 Å². The third-order valence-electron chi connectivity index (χ3n) is 2.98. The van der Waals surface area contributed by atoms with Gasteiger partial charge in [-0.2, -0.15) is 13.2 Å². The van der Waals surface area contributed by atoms with Gasteiger partial charge in [-0.15, -0.1) is 0 Å². The molecular weight excluding hydrogens is 291 g/mol. The van der Waals surface area contributed by atoms with Crippen molar-refractivity contribution in [3.63, 3.8) is 0 Å². The maximum absolute atomic E-state index is 13.0. The van der Waals surface area contributed by atoms with Crippen LogP contribution in [0.3, 0.4) is 0 Å². The molecule has 1 amide bonds. The van der Waals surface area contributed by atoms with Crippen molar-refractivity contribution in [2.75, 3.05) is 13.2 Å². The van der Waals surface area contributed by atoms with Crippen molar-refractivity contribution in [1.29, 1.82) is 0 Å². The number of nitrogens with two attached hydrogens (primary N) is 1. The van der Waals surface area contributed by atoms with Crippen molar-refractivity contribution in [3.8, 4) is 11.5 Å². The van der Waals surface area contributed by atoms with Gasteiger partial charge in [-0.1, -0.05) is 0 Å². The fourth-order valence-corrected chi connectivity index (χ4v) is 2.19. The van der Waals surface area contributed by atoms with E-state index in [1.165, 1.54) is 12.1 Å². The number of hydrogen-bond donors (Lipinski definition) is 1. The largest absolute Gasteiger partial charge is 0.486 e. The van der Waals surface area contributed by atoms with E-state index in [4.69, 9.17) is 15.2 Å². The lowest BCUT2D eigenvalue weighted by atomic mass is 10.2. The van der Waals surface area contributed by atoms with Gasteiger partial charge >= 0.3 is 6.18 Å². The molecule has 0 bridgehead atoms. The van der Waals surface area contributed by atoms with E-state index in [2.05, 4.69) is 4.98 Å². The van der Waals surface area contributed by atoms with Gasteiger partial charge in [-0.3, -0.25) is 4.79 Å². The zero-order valence-corrected chi connectivity index (χ0v) is 10.6. The summed E-state index contributed by atoms with van der Waals surface area (Å²) in [5.74, 6) is -1.44. The Balaban J connectivity index is 2.24. The first-order valence-electron chi connectivity index (χ1n) is 6.01. The lowest BCUT2D eigenvalue weighted by Crippen LogP contribution is -2.23. The predicted molar refractivity (Wildman–Crippen MR) is 64.9 cm³/mol. The predicted octanol–water partition coefficient (Wildman–Crippen LogP) is 1.31. The van der Waals surface area contributed by atoms with E-state index in [0.29, 0.717) is 24.7 Å². The van der Waals surface area contributed by atoms with Crippen LogP contribution in [0, 0.1) is 0 Å². The number of hydrogen-bond acceptors (Lipinski definition) is 4. The fraction of sp³-hybridized carbons (Fsp3) is 0.333. The minimum atomic E-state index is -4.70. The number of primary amides is 1. The first-order chi connectivity index (χ1) is 9.86. The van der Waals surface area contributed by atoms with Crippen molar-refractivity contribution < 1.29 is 27.4 Å². The molecule has 1 aromatic heterocycles. The highest BCUT2D eigenvalue weighted by molar-refractivity contribution is 5.83. The second kappa shape index (κ2) is 4.54. The molecule has 2 heterocycles. The standard InChI is InChI=1S/C12H10F3N3O3/c13-12(14,15)11-17-6-3-8-9(21-2-1-20-8)4-7(6)18(11)5-10(16)19/h3-4H,1-2,5H2,(H2,16,19). The number of carbonyl (C=O) groups is 1. The molecule has 112 valence electrons. The van der Waals surface area contributed by atoms with Crippen LogP contribution in [0.15, 0.2) is 12.1 Å². The summed E-state index contributed by atoms with van der Waals surface area (Å²) in [5, 5.41) is 0. The van der Waals surface area contributed by atoms with Crippen LogP contribution in [-0.2, 0) is 17.5 Å². The Labute approximate surface area is 116 Å². The van der Waals surface area contributed by atoms with Gasteiger partial charge in [0.2, 0.25) is 11.7 Å². The van der Waals surface area contributed by atoms with Gasteiger partial charge in [0.25, 0.3) is 0 Å². The summed E-state index contributed by atoms with van der Waals surface area (Å²) in [7, 11) is 0. The Morgan fingerprint density at radius 3 is 2.48 bits per heavy atom. The van der Waals surface area contributed by atoms with Crippen molar-refractivity contribution >= 4 is 16.9 Å². The molecule has 2 N–H and O–H groups in total. The van der Waals surface area contributed by atoms with Crippen molar-refractivity contribution in [1.82, 2.24) is 9.55 Å². The third-order valence-corrected chi connectivity index (χ3v) is 2.98. The molecule has 21 heavy (non-hydrogen) atoms. The van der Waals surface area contributed by atoms with E-state index in [9.17, 15) is 18.0 Å². The second-order valence-corrected chi connectivity index (χ2v) is 4.47. The molecule has 0 saturated carbocycles. The molecule has 6 nitrogen and oxygen atoms in total. The number of rotatable bonds is 2. The Morgan fingerprint density at radius 1 is 1.29 bits per heavy atom. The van der Waals surface area contributed by atoms with Crippen LogP contribution in [0.25, 0.3) is 11.0 Å². The van der Waals surface area contributed by atoms with Crippen LogP contribution >= 0.6 is 0 Å². The highest BCUT2D eigenvalue weighted by Crippen LogP contribution is 2.37. The van der Waals surface area contributed by atoms with Crippen LogP contribution in [0.4, 0.5) is 13.2 Å². The number of imidazole rings is 1. The molecule has 0 radical (unpaired) electrons. The van der Waals surface area contributed by atoms with E-state index in [1.54, 1.807) is 0 Å². The zero-order chi connectivity index (χ0) is 15.2. The van der Waals surface area contributed by atoms with E-state index >= 15 is 0 Å². The molecule has 0 saturated heterocycles. The number of aromatic nitrogens is 2. The number of fused-ring (bicyclic) bond motifs is 2. The summed E-state index contributed by atoms with van der Waals surface area (Å²) in [6, 6.07) is 2.73. The van der Waals surface area contributed by atoms with Crippen LogP contribution in [0.5, 0.6) is 11.5 Å². The summed E-state index contributed by atoms with van der Waals surface area (Å²) >= 11 is 0. The summed E-state index contributed by atoms with van der Waals surface area (Å²) in [6.45, 7) is -0.00773. The molecule has 0 aliphatic carbocycles. The first kappa shape index (κ1) is 13.5. The normalized spacial score (nSPS) is 14.4. The maximum Gasteiger partial charge on any atom is 0.449 e. The SMILES string of the molecule is NC(=O)Cn1c(C(F)(F)F)nc2cc3c(cc21)OCCO3. The molecule has 0 spiro atoms. The summed E-state index contributed by atoms with van der Waals surface area (Å²) in [4.78, 5) is 14.6. The number of benzene rings is 1. The molecule has 1 aromatic carbocycles. The van der Waals surface area contributed by atoms with Gasteiger partial charge in [-0.25, -0.2) is 4.98 Å². The van der Waals surface area contributed by atoms with Gasteiger partial charge < -0.3 is 19.8 Å². The molecule has 2 aromatic rings. The van der Waals surface area contributed by atoms with Gasteiger partial charge in [0.15, 0.2) is 11.5 Å². The average molecular weight is 301 g/mol. The van der Waals surface area contributed by atoms with E-state index in [-0.39, 0.29) is 11.0 Å². The monoisotopic (exact) mass is 301 g/mol. The van der Waals surface area contributed by atoms with Crippen LogP contribution in [0.1, 0.15) is 5.82 Å². The lowest BCUT2D eigenvalue weighted by Gasteiger charge is -2.18. The highest BCUT2D eigenvalue weighted by atomic mass is 19.4. The fourth-order valence-electron chi connectivity index (χ4n) is 2.19. The Bertz CT molecular complexity index is 724. The number of nitrogens with zero attached hydrogens (tertiary/aromatic N) is 2.